The number of amides is 3. The van der Waals surface area contributed by atoms with E-state index in [9.17, 15) is 9.59 Å². The number of carbonyl (C=O) groups is 2. The van der Waals surface area contributed by atoms with Crippen molar-refractivity contribution in [2.75, 3.05) is 25.0 Å². The van der Waals surface area contributed by atoms with Crippen molar-refractivity contribution in [3.05, 3.63) is 60.6 Å². The van der Waals surface area contributed by atoms with Crippen molar-refractivity contribution >= 4 is 28.6 Å². The van der Waals surface area contributed by atoms with Crippen LogP contribution in [0.2, 0.25) is 0 Å². The number of pyridine rings is 1. The molecule has 1 saturated carbocycles. The number of likely N-dealkylation sites (tertiary alicyclic amines) is 1. The van der Waals surface area contributed by atoms with E-state index in [2.05, 4.69) is 15.6 Å². The van der Waals surface area contributed by atoms with Gasteiger partial charge in [-0.3, -0.25) is 9.78 Å². The standard InChI is InChI=1S/C22H22N4O3/c27-21(19-10-14-6-8-23-11-20(14)29-19)24-9-7-16-17-12-26(13-18(16)17)22(28)25-15-4-2-1-3-5-15/h1-6,8,10-11,16-18H,7,9,12-13H2,(H,24,27)(H,25,28)/t16?,17-,18?/m1/s1. The zero-order valence-electron chi connectivity index (χ0n) is 15.9. The highest BCUT2D eigenvalue weighted by atomic mass is 16.3. The van der Waals surface area contributed by atoms with Gasteiger partial charge in [0.05, 0.1) is 6.20 Å². The Kier molecular flexibility index (Phi) is 4.42. The number of anilines is 1. The third kappa shape index (κ3) is 3.55. The predicted octanol–water partition coefficient (Wildman–Crippen LogP) is 3.36. The topological polar surface area (TPSA) is 87.5 Å². The summed E-state index contributed by atoms with van der Waals surface area (Å²) in [5.74, 6) is 1.79. The van der Waals surface area contributed by atoms with Crippen molar-refractivity contribution in [2.45, 2.75) is 6.42 Å². The van der Waals surface area contributed by atoms with E-state index in [1.54, 1.807) is 18.5 Å². The molecule has 2 aromatic heterocycles. The molecule has 2 fully saturated rings. The van der Waals surface area contributed by atoms with Gasteiger partial charge in [-0.15, -0.1) is 0 Å². The van der Waals surface area contributed by atoms with E-state index in [1.807, 2.05) is 41.3 Å². The lowest BCUT2D eigenvalue weighted by Crippen LogP contribution is -2.35. The summed E-state index contributed by atoms with van der Waals surface area (Å²) in [6.07, 6.45) is 4.21. The lowest BCUT2D eigenvalue weighted by Gasteiger charge is -2.20. The average molecular weight is 390 g/mol. The molecule has 7 heteroatoms. The first kappa shape index (κ1) is 17.7. The third-order valence-corrected chi connectivity index (χ3v) is 5.99. The Morgan fingerprint density at radius 2 is 1.93 bits per heavy atom. The number of nitrogens with one attached hydrogen (secondary N) is 2. The molecule has 148 valence electrons. The quantitative estimate of drug-likeness (QED) is 0.699. The second-order valence-electron chi connectivity index (χ2n) is 7.76. The lowest BCUT2D eigenvalue weighted by atomic mass is 10.2. The Morgan fingerprint density at radius 1 is 1.14 bits per heavy atom. The predicted molar refractivity (Wildman–Crippen MR) is 108 cm³/mol. The zero-order valence-corrected chi connectivity index (χ0v) is 15.9. The van der Waals surface area contributed by atoms with Crippen molar-refractivity contribution in [1.29, 1.82) is 0 Å². The van der Waals surface area contributed by atoms with Crippen LogP contribution in [-0.4, -0.2) is 41.5 Å². The van der Waals surface area contributed by atoms with Crippen molar-refractivity contribution in [2.24, 2.45) is 17.8 Å². The molecule has 3 atom stereocenters. The molecule has 2 unspecified atom stereocenters. The van der Waals surface area contributed by atoms with E-state index in [0.29, 0.717) is 35.6 Å². The molecule has 1 aliphatic carbocycles. The van der Waals surface area contributed by atoms with Gasteiger partial charge in [0.25, 0.3) is 5.91 Å². The Hall–Kier alpha value is -3.35. The number of fused-ring (bicyclic) bond motifs is 2. The molecular weight excluding hydrogens is 368 g/mol. The Bertz CT molecular complexity index is 1000. The van der Waals surface area contributed by atoms with Gasteiger partial charge < -0.3 is 20.0 Å². The highest BCUT2D eigenvalue weighted by Crippen LogP contribution is 2.53. The van der Waals surface area contributed by atoms with E-state index in [0.717, 1.165) is 30.6 Å². The number of para-hydroxylation sites is 1. The average Bonchev–Trinajstić information content (AvgIpc) is 3.11. The second-order valence-corrected chi connectivity index (χ2v) is 7.76. The molecule has 0 spiro atoms. The van der Waals surface area contributed by atoms with Gasteiger partial charge in [-0.2, -0.15) is 0 Å². The highest BCUT2D eigenvalue weighted by molar-refractivity contribution is 5.95. The van der Waals surface area contributed by atoms with Crippen LogP contribution in [-0.2, 0) is 0 Å². The fraction of sp³-hybridized carbons (Fsp3) is 0.318. The Morgan fingerprint density at radius 3 is 2.69 bits per heavy atom. The number of piperidine rings is 1. The number of hydrogen-bond donors (Lipinski definition) is 2. The minimum Gasteiger partial charge on any atom is -0.449 e. The van der Waals surface area contributed by atoms with E-state index in [-0.39, 0.29) is 11.9 Å². The van der Waals surface area contributed by atoms with Gasteiger partial charge in [0, 0.05) is 36.9 Å². The minimum atomic E-state index is -0.198. The smallest absolute Gasteiger partial charge is 0.321 e. The molecule has 2 N–H and O–H groups in total. The minimum absolute atomic E-state index is 0.0326. The molecule has 3 aromatic rings. The monoisotopic (exact) mass is 390 g/mol. The first-order chi connectivity index (χ1) is 14.2. The third-order valence-electron chi connectivity index (χ3n) is 5.99. The van der Waals surface area contributed by atoms with Crippen LogP contribution < -0.4 is 10.6 Å². The molecule has 0 radical (unpaired) electrons. The molecule has 3 amide bonds. The summed E-state index contributed by atoms with van der Waals surface area (Å²) in [5.41, 5.74) is 1.43. The largest absolute Gasteiger partial charge is 0.449 e. The molecule has 7 nitrogen and oxygen atoms in total. The van der Waals surface area contributed by atoms with Crippen LogP contribution in [0.15, 0.2) is 59.3 Å². The van der Waals surface area contributed by atoms with E-state index < -0.39 is 0 Å². The fourth-order valence-electron chi connectivity index (χ4n) is 4.40. The number of benzene rings is 1. The van der Waals surface area contributed by atoms with Crippen LogP contribution in [0.4, 0.5) is 10.5 Å². The maximum atomic E-state index is 12.4. The van der Waals surface area contributed by atoms with Crippen LogP contribution in [0.3, 0.4) is 0 Å². The van der Waals surface area contributed by atoms with Crippen LogP contribution in [0.25, 0.3) is 11.0 Å². The molecule has 29 heavy (non-hydrogen) atoms. The molecule has 1 aliphatic heterocycles. The van der Waals surface area contributed by atoms with Crippen LogP contribution >= 0.6 is 0 Å². The number of furan rings is 1. The van der Waals surface area contributed by atoms with Crippen LogP contribution in [0, 0.1) is 17.8 Å². The number of aromatic nitrogens is 1. The van der Waals surface area contributed by atoms with E-state index >= 15 is 0 Å². The Labute approximate surface area is 168 Å². The van der Waals surface area contributed by atoms with Gasteiger partial charge in [-0.1, -0.05) is 18.2 Å². The molecular formula is C22H22N4O3. The maximum absolute atomic E-state index is 12.4. The van der Waals surface area contributed by atoms with E-state index in [4.69, 9.17) is 4.42 Å². The summed E-state index contributed by atoms with van der Waals surface area (Å²) in [6.45, 7) is 2.19. The SMILES string of the molecule is O=C(NCCC1C2CN(C(=O)Nc3ccccc3)C[C@H]12)c1cc2ccncc2o1. The van der Waals surface area contributed by atoms with Gasteiger partial charge in [0.15, 0.2) is 11.3 Å². The number of carbonyl (C=O) groups excluding carboxylic acids is 2. The van der Waals surface area contributed by atoms with Gasteiger partial charge in [-0.05, 0) is 48.4 Å². The first-order valence-corrected chi connectivity index (χ1v) is 9.92. The number of urea groups is 1. The molecule has 1 aromatic carbocycles. The maximum Gasteiger partial charge on any atom is 0.321 e. The summed E-state index contributed by atoms with van der Waals surface area (Å²) in [7, 11) is 0. The summed E-state index contributed by atoms with van der Waals surface area (Å²) in [6, 6.07) is 13.0. The number of rotatable bonds is 5. The highest BCUT2D eigenvalue weighted by Gasteiger charge is 2.55. The summed E-state index contributed by atoms with van der Waals surface area (Å²) >= 11 is 0. The molecule has 2 aliphatic rings. The van der Waals surface area contributed by atoms with Crippen molar-refractivity contribution in [1.82, 2.24) is 15.2 Å². The molecule has 3 heterocycles. The van der Waals surface area contributed by atoms with Gasteiger partial charge >= 0.3 is 6.03 Å². The fourth-order valence-corrected chi connectivity index (χ4v) is 4.40. The van der Waals surface area contributed by atoms with Crippen molar-refractivity contribution in [3.8, 4) is 0 Å². The van der Waals surface area contributed by atoms with Crippen LogP contribution in [0.1, 0.15) is 17.0 Å². The molecule has 1 saturated heterocycles. The zero-order chi connectivity index (χ0) is 19.8. The number of nitrogens with zero attached hydrogens (tertiary/aromatic N) is 2. The summed E-state index contributed by atoms with van der Waals surface area (Å²) < 4.78 is 5.54. The van der Waals surface area contributed by atoms with E-state index in [1.165, 1.54) is 0 Å². The first-order valence-electron chi connectivity index (χ1n) is 9.92. The second kappa shape index (κ2) is 7.24. The van der Waals surface area contributed by atoms with Gasteiger partial charge in [-0.25, -0.2) is 4.79 Å². The van der Waals surface area contributed by atoms with Crippen molar-refractivity contribution in [3.63, 3.8) is 0 Å². The van der Waals surface area contributed by atoms with Crippen LogP contribution in [0.5, 0.6) is 0 Å². The lowest BCUT2D eigenvalue weighted by molar-refractivity contribution is 0.0926. The molecule has 0 bridgehead atoms. The summed E-state index contributed by atoms with van der Waals surface area (Å²) in [5, 5.41) is 6.75. The van der Waals surface area contributed by atoms with Gasteiger partial charge in [0.2, 0.25) is 0 Å². The van der Waals surface area contributed by atoms with Crippen molar-refractivity contribution < 1.29 is 14.0 Å². The Balaban J connectivity index is 1.06. The summed E-state index contributed by atoms with van der Waals surface area (Å²) in [4.78, 5) is 30.5. The number of hydrogen-bond acceptors (Lipinski definition) is 4. The molecule has 5 rings (SSSR count). The van der Waals surface area contributed by atoms with Gasteiger partial charge in [0.1, 0.15) is 0 Å². The normalized spacial score (nSPS) is 22.3.